The largest absolute Gasteiger partial charge is 0.478 e. The molecule has 2 N–H and O–H groups in total. The Morgan fingerprint density at radius 2 is 2.11 bits per heavy atom. The Kier molecular flexibility index (Phi) is 6.65. The SMILES string of the molecule is CO[C@H]1CCN(c2nc3c([C@@H](C)Nc4ccccc4C(=O)O)cc(C)cn3c(=O)c2C#N)CC1(F)F. The quantitative estimate of drug-likeness (QED) is 0.530. The van der Waals surface area contributed by atoms with Gasteiger partial charge in [-0.3, -0.25) is 9.20 Å². The second-order valence-electron chi connectivity index (χ2n) is 8.81. The van der Waals surface area contributed by atoms with Crippen LogP contribution in [0.2, 0.25) is 0 Å². The van der Waals surface area contributed by atoms with Crippen LogP contribution in [0.3, 0.4) is 0 Å². The number of aryl methyl sites for hydroxylation is 1. The summed E-state index contributed by atoms with van der Waals surface area (Å²) >= 11 is 0. The number of carbonyl (C=O) groups is 1. The maximum absolute atomic E-state index is 14.6. The Bertz CT molecular complexity index is 1430. The van der Waals surface area contributed by atoms with Crippen molar-refractivity contribution in [2.45, 2.75) is 38.3 Å². The number of hydrogen-bond acceptors (Lipinski definition) is 7. The molecule has 0 radical (unpaired) electrons. The number of carboxylic acids is 1. The summed E-state index contributed by atoms with van der Waals surface area (Å²) in [5.74, 6) is -4.41. The van der Waals surface area contributed by atoms with Crippen LogP contribution >= 0.6 is 0 Å². The summed E-state index contributed by atoms with van der Waals surface area (Å²) < 4.78 is 35.4. The maximum atomic E-state index is 14.6. The van der Waals surface area contributed by atoms with E-state index < -0.39 is 36.1 Å². The van der Waals surface area contributed by atoms with Gasteiger partial charge in [0.05, 0.1) is 18.2 Å². The molecule has 1 fully saturated rings. The van der Waals surface area contributed by atoms with Crippen LogP contribution in [0.15, 0.2) is 41.3 Å². The van der Waals surface area contributed by atoms with E-state index in [9.17, 15) is 28.7 Å². The predicted molar refractivity (Wildman–Crippen MR) is 129 cm³/mol. The minimum absolute atomic E-state index is 0.000104. The lowest BCUT2D eigenvalue weighted by Crippen LogP contribution is -2.53. The van der Waals surface area contributed by atoms with Gasteiger partial charge in [-0.15, -0.1) is 0 Å². The minimum Gasteiger partial charge on any atom is -0.478 e. The van der Waals surface area contributed by atoms with Crippen LogP contribution in [-0.2, 0) is 4.74 Å². The fourth-order valence-electron chi connectivity index (χ4n) is 4.54. The van der Waals surface area contributed by atoms with Gasteiger partial charge < -0.3 is 20.1 Å². The highest BCUT2D eigenvalue weighted by Gasteiger charge is 2.46. The predicted octanol–water partition coefficient (Wildman–Crippen LogP) is 3.61. The summed E-state index contributed by atoms with van der Waals surface area (Å²) in [6.45, 7) is 2.93. The number of fused-ring (bicyclic) bond motifs is 1. The number of halogens is 2. The van der Waals surface area contributed by atoms with Crippen LogP contribution in [0.5, 0.6) is 0 Å². The molecule has 1 aliphatic rings. The third-order valence-electron chi connectivity index (χ3n) is 6.30. The molecule has 2 atom stereocenters. The van der Waals surface area contributed by atoms with E-state index in [4.69, 9.17) is 4.74 Å². The molecule has 0 bridgehead atoms. The molecule has 0 aliphatic carbocycles. The van der Waals surface area contributed by atoms with Gasteiger partial charge >= 0.3 is 5.97 Å². The molecular formula is C25H25F2N5O4. The number of methoxy groups -OCH3 is 1. The van der Waals surface area contributed by atoms with Crippen LogP contribution < -0.4 is 15.8 Å². The molecule has 1 saturated heterocycles. The second-order valence-corrected chi connectivity index (χ2v) is 8.81. The third kappa shape index (κ3) is 4.47. The van der Waals surface area contributed by atoms with Crippen LogP contribution in [0.4, 0.5) is 20.3 Å². The minimum atomic E-state index is -3.20. The van der Waals surface area contributed by atoms with Gasteiger partial charge in [-0.05, 0) is 44.0 Å². The molecule has 0 spiro atoms. The van der Waals surface area contributed by atoms with E-state index in [2.05, 4.69) is 10.3 Å². The van der Waals surface area contributed by atoms with Gasteiger partial charge in [0, 0.05) is 31.1 Å². The molecule has 9 nitrogen and oxygen atoms in total. The molecule has 3 heterocycles. The van der Waals surface area contributed by atoms with Crippen molar-refractivity contribution in [1.29, 1.82) is 5.26 Å². The van der Waals surface area contributed by atoms with Crippen molar-refractivity contribution >= 4 is 23.1 Å². The topological polar surface area (TPSA) is 120 Å². The lowest BCUT2D eigenvalue weighted by molar-refractivity contribution is -0.129. The highest BCUT2D eigenvalue weighted by molar-refractivity contribution is 5.94. The first-order chi connectivity index (χ1) is 17.1. The molecule has 0 amide bonds. The Hall–Kier alpha value is -4.04. The zero-order valence-electron chi connectivity index (χ0n) is 20.0. The average Bonchev–Trinajstić information content (AvgIpc) is 2.83. The van der Waals surface area contributed by atoms with Crippen LogP contribution in [0.25, 0.3) is 5.65 Å². The number of hydrogen-bond donors (Lipinski definition) is 2. The number of nitrogens with zero attached hydrogens (tertiary/aromatic N) is 4. The molecule has 0 unspecified atom stereocenters. The zero-order valence-corrected chi connectivity index (χ0v) is 20.0. The number of para-hydroxylation sites is 1. The Morgan fingerprint density at radius 3 is 2.75 bits per heavy atom. The van der Waals surface area contributed by atoms with Gasteiger partial charge in [0.1, 0.15) is 17.8 Å². The lowest BCUT2D eigenvalue weighted by Gasteiger charge is -2.38. The summed E-state index contributed by atoms with van der Waals surface area (Å²) in [5, 5.41) is 22.4. The summed E-state index contributed by atoms with van der Waals surface area (Å²) in [5.41, 5.74) is 0.869. The number of piperidine rings is 1. The third-order valence-corrected chi connectivity index (χ3v) is 6.30. The smallest absolute Gasteiger partial charge is 0.337 e. The highest BCUT2D eigenvalue weighted by atomic mass is 19.3. The molecule has 188 valence electrons. The molecule has 2 aromatic heterocycles. The summed E-state index contributed by atoms with van der Waals surface area (Å²) in [6, 6.07) is 9.50. The molecule has 1 aromatic carbocycles. The number of ether oxygens (including phenoxy) is 1. The van der Waals surface area contributed by atoms with E-state index >= 15 is 0 Å². The fraction of sp³-hybridized carbons (Fsp3) is 0.360. The number of aromatic nitrogens is 2. The number of anilines is 2. The lowest BCUT2D eigenvalue weighted by atomic mass is 10.0. The van der Waals surface area contributed by atoms with E-state index in [0.29, 0.717) is 16.8 Å². The molecule has 0 saturated carbocycles. The molecule has 36 heavy (non-hydrogen) atoms. The van der Waals surface area contributed by atoms with Crippen molar-refractivity contribution in [2.24, 2.45) is 0 Å². The van der Waals surface area contributed by atoms with Gasteiger partial charge in [-0.1, -0.05) is 12.1 Å². The summed E-state index contributed by atoms with van der Waals surface area (Å²) in [6.07, 6.45) is 0.264. The monoisotopic (exact) mass is 497 g/mol. The number of benzene rings is 1. The number of alkyl halides is 2. The van der Waals surface area contributed by atoms with Crippen molar-refractivity contribution in [3.63, 3.8) is 0 Å². The second kappa shape index (κ2) is 9.54. The molecular weight excluding hydrogens is 472 g/mol. The van der Waals surface area contributed by atoms with Crippen molar-refractivity contribution in [1.82, 2.24) is 9.38 Å². The number of carboxylic acid groups (broad SMARTS) is 1. The van der Waals surface area contributed by atoms with E-state index in [0.717, 1.165) is 0 Å². The first-order valence-electron chi connectivity index (χ1n) is 11.3. The van der Waals surface area contributed by atoms with Crippen LogP contribution in [0, 0.1) is 18.3 Å². The van der Waals surface area contributed by atoms with Crippen molar-refractivity contribution in [3.8, 4) is 6.07 Å². The first kappa shape index (κ1) is 25.1. The fourth-order valence-corrected chi connectivity index (χ4v) is 4.54. The van der Waals surface area contributed by atoms with Crippen molar-refractivity contribution in [3.05, 3.63) is 69.1 Å². The summed E-state index contributed by atoms with van der Waals surface area (Å²) in [7, 11) is 1.22. The average molecular weight is 498 g/mol. The van der Waals surface area contributed by atoms with Crippen LogP contribution in [0.1, 0.15) is 46.4 Å². The Morgan fingerprint density at radius 1 is 1.39 bits per heavy atom. The zero-order chi connectivity index (χ0) is 26.2. The van der Waals surface area contributed by atoms with E-state index in [1.54, 1.807) is 38.1 Å². The Balaban J connectivity index is 1.84. The maximum Gasteiger partial charge on any atom is 0.337 e. The van der Waals surface area contributed by atoms with E-state index in [1.165, 1.54) is 28.7 Å². The normalized spacial score (nSPS) is 18.0. The molecule has 3 aromatic rings. The van der Waals surface area contributed by atoms with E-state index in [1.807, 2.05) is 6.07 Å². The molecule has 1 aliphatic heterocycles. The number of nitriles is 1. The van der Waals surface area contributed by atoms with Gasteiger partial charge in [0.25, 0.3) is 11.5 Å². The van der Waals surface area contributed by atoms with Gasteiger partial charge in [0.15, 0.2) is 11.4 Å². The Labute approximate surface area is 205 Å². The number of rotatable bonds is 6. The van der Waals surface area contributed by atoms with Crippen molar-refractivity contribution in [2.75, 3.05) is 30.4 Å². The number of nitrogens with one attached hydrogen (secondary N) is 1. The van der Waals surface area contributed by atoms with Gasteiger partial charge in [0.2, 0.25) is 0 Å². The molecule has 11 heteroatoms. The highest BCUT2D eigenvalue weighted by Crippen LogP contribution is 2.33. The van der Waals surface area contributed by atoms with Crippen LogP contribution in [-0.4, -0.2) is 52.7 Å². The van der Waals surface area contributed by atoms with E-state index in [-0.39, 0.29) is 35.6 Å². The van der Waals surface area contributed by atoms with Gasteiger partial charge in [-0.2, -0.15) is 5.26 Å². The van der Waals surface area contributed by atoms with Gasteiger partial charge in [-0.25, -0.2) is 18.6 Å². The summed E-state index contributed by atoms with van der Waals surface area (Å²) in [4.78, 5) is 30.7. The standard InChI is InChI=1S/C25H25F2N5O4/c1-14-10-17(15(2)29-19-7-5-4-6-16(19)24(34)35)22-30-21(18(11-28)23(33)32(22)12-14)31-9-8-20(36-3)25(26,27)13-31/h4-7,10,12,15,20,29H,8-9,13H2,1-3H3,(H,34,35)/t15-,20+/m1/s1. The van der Waals surface area contributed by atoms with Crippen molar-refractivity contribution < 1.29 is 23.4 Å². The number of pyridine rings is 1. The number of aromatic carboxylic acids is 1. The molecule has 4 rings (SSSR count). The first-order valence-corrected chi connectivity index (χ1v) is 11.3.